The van der Waals surface area contributed by atoms with E-state index in [2.05, 4.69) is 48.0 Å². The third kappa shape index (κ3) is 2.88. The Kier molecular flexibility index (Phi) is 4.21. The molecule has 14 heavy (non-hydrogen) atoms. The molecule has 0 N–H and O–H groups in total. The molecule has 0 radical (unpaired) electrons. The number of halogens is 1. The lowest BCUT2D eigenvalue weighted by Gasteiger charge is -2.05. The first-order valence-electron chi connectivity index (χ1n) is 4.55. The van der Waals surface area contributed by atoms with Crippen molar-refractivity contribution in [3.63, 3.8) is 0 Å². The number of hydrogen-bond acceptors (Lipinski definition) is 1. The van der Waals surface area contributed by atoms with Crippen LogP contribution in [0.3, 0.4) is 0 Å². The molecule has 0 saturated carbocycles. The van der Waals surface area contributed by atoms with E-state index >= 15 is 0 Å². The van der Waals surface area contributed by atoms with Gasteiger partial charge in [-0.2, -0.15) is 0 Å². The van der Waals surface area contributed by atoms with E-state index in [-0.39, 0.29) is 0 Å². The molecular formula is C12H15BrO. The minimum atomic E-state index is 0.915. The van der Waals surface area contributed by atoms with E-state index in [9.17, 15) is 0 Å². The fourth-order valence-corrected chi connectivity index (χ4v) is 1.48. The fourth-order valence-electron chi connectivity index (χ4n) is 1.31. The second-order valence-electron chi connectivity index (χ2n) is 3.35. The van der Waals surface area contributed by atoms with Crippen molar-refractivity contribution < 1.29 is 4.74 Å². The molecule has 1 aromatic rings. The van der Waals surface area contributed by atoms with Gasteiger partial charge in [0.05, 0.1) is 7.11 Å². The van der Waals surface area contributed by atoms with E-state index in [4.69, 9.17) is 4.74 Å². The number of rotatable bonds is 3. The van der Waals surface area contributed by atoms with Gasteiger partial charge in [0.1, 0.15) is 5.75 Å². The molecule has 0 fully saturated rings. The van der Waals surface area contributed by atoms with Crippen molar-refractivity contribution in [2.24, 2.45) is 0 Å². The van der Waals surface area contributed by atoms with E-state index in [0.29, 0.717) is 0 Å². The predicted molar refractivity (Wildman–Crippen MR) is 65.2 cm³/mol. The minimum absolute atomic E-state index is 0.915. The van der Waals surface area contributed by atoms with Crippen LogP contribution in [0.5, 0.6) is 5.75 Å². The summed E-state index contributed by atoms with van der Waals surface area (Å²) < 4.78 is 5.20. The summed E-state index contributed by atoms with van der Waals surface area (Å²) in [4.78, 5) is 0. The van der Waals surface area contributed by atoms with Crippen molar-refractivity contribution in [2.75, 3.05) is 12.4 Å². The summed E-state index contributed by atoms with van der Waals surface area (Å²) in [6, 6.07) is 6.20. The Hall–Kier alpha value is -0.760. The first-order valence-corrected chi connectivity index (χ1v) is 5.67. The summed E-state index contributed by atoms with van der Waals surface area (Å²) >= 11 is 3.43. The summed E-state index contributed by atoms with van der Waals surface area (Å²) in [5, 5.41) is 0.915. The molecular weight excluding hydrogens is 240 g/mol. The molecule has 0 aliphatic heterocycles. The number of ether oxygens (including phenoxy) is 1. The van der Waals surface area contributed by atoms with Crippen LogP contribution >= 0.6 is 15.9 Å². The van der Waals surface area contributed by atoms with Crippen LogP contribution in [0.25, 0.3) is 6.08 Å². The van der Waals surface area contributed by atoms with Gasteiger partial charge in [-0.3, -0.25) is 0 Å². The maximum atomic E-state index is 5.20. The second-order valence-corrected chi connectivity index (χ2v) is 3.91. The quantitative estimate of drug-likeness (QED) is 0.746. The normalized spacial score (nSPS) is 11.6. The fraction of sp³-hybridized carbons (Fsp3) is 0.333. The van der Waals surface area contributed by atoms with E-state index < -0.39 is 0 Å². The van der Waals surface area contributed by atoms with Crippen molar-refractivity contribution in [3.8, 4) is 5.75 Å². The zero-order valence-electron chi connectivity index (χ0n) is 8.80. The summed E-state index contributed by atoms with van der Waals surface area (Å²) in [5.41, 5.74) is 3.71. The molecule has 0 aliphatic carbocycles. The first kappa shape index (κ1) is 11.3. The molecule has 0 saturated heterocycles. The van der Waals surface area contributed by atoms with Crippen molar-refractivity contribution >= 4 is 22.0 Å². The molecule has 0 unspecified atom stereocenters. The zero-order chi connectivity index (χ0) is 10.6. The van der Waals surface area contributed by atoms with Gasteiger partial charge in [-0.25, -0.2) is 0 Å². The average molecular weight is 255 g/mol. The van der Waals surface area contributed by atoms with Gasteiger partial charge in [-0.05, 0) is 37.1 Å². The molecule has 0 heterocycles. The van der Waals surface area contributed by atoms with E-state index in [1.54, 1.807) is 7.11 Å². The van der Waals surface area contributed by atoms with Gasteiger partial charge >= 0.3 is 0 Å². The van der Waals surface area contributed by atoms with Crippen LogP contribution in [0, 0.1) is 6.92 Å². The Labute approximate surface area is 93.9 Å². The number of hydrogen-bond donors (Lipinski definition) is 0. The molecule has 1 aromatic carbocycles. The maximum Gasteiger partial charge on any atom is 0.121 e. The molecule has 0 bridgehead atoms. The van der Waals surface area contributed by atoms with Crippen LogP contribution in [0.2, 0.25) is 0 Å². The second kappa shape index (κ2) is 5.20. The van der Waals surface area contributed by atoms with Crippen LogP contribution in [0.1, 0.15) is 18.1 Å². The number of alkyl halides is 1. The Morgan fingerprint density at radius 3 is 2.71 bits per heavy atom. The number of methoxy groups -OCH3 is 1. The Morgan fingerprint density at radius 2 is 2.21 bits per heavy atom. The zero-order valence-corrected chi connectivity index (χ0v) is 10.4. The van der Waals surface area contributed by atoms with Gasteiger partial charge in [0.15, 0.2) is 0 Å². The van der Waals surface area contributed by atoms with Gasteiger partial charge in [0.25, 0.3) is 0 Å². The topological polar surface area (TPSA) is 9.23 Å². The van der Waals surface area contributed by atoms with Gasteiger partial charge in [-0.15, -0.1) is 0 Å². The van der Waals surface area contributed by atoms with Gasteiger partial charge in [0.2, 0.25) is 0 Å². The lowest BCUT2D eigenvalue weighted by molar-refractivity contribution is 0.411. The van der Waals surface area contributed by atoms with Crippen molar-refractivity contribution in [2.45, 2.75) is 13.8 Å². The highest BCUT2D eigenvalue weighted by molar-refractivity contribution is 9.09. The third-order valence-electron chi connectivity index (χ3n) is 2.04. The number of aryl methyl sites for hydroxylation is 1. The molecule has 1 rings (SSSR count). The van der Waals surface area contributed by atoms with Crippen LogP contribution < -0.4 is 4.74 Å². The summed E-state index contributed by atoms with van der Waals surface area (Å²) in [7, 11) is 1.70. The predicted octanol–water partition coefficient (Wildman–Crippen LogP) is 3.80. The Balaban J connectivity index is 2.97. The van der Waals surface area contributed by atoms with Gasteiger partial charge < -0.3 is 4.74 Å². The van der Waals surface area contributed by atoms with Crippen LogP contribution in [-0.2, 0) is 0 Å². The summed E-state index contributed by atoms with van der Waals surface area (Å²) in [6.45, 7) is 4.16. The molecule has 0 aliphatic rings. The van der Waals surface area contributed by atoms with Crippen LogP contribution in [0.15, 0.2) is 23.8 Å². The van der Waals surface area contributed by atoms with E-state index in [1.165, 1.54) is 16.7 Å². The molecule has 0 atom stereocenters. The average Bonchev–Trinajstić information content (AvgIpc) is 2.18. The lowest BCUT2D eigenvalue weighted by atomic mass is 10.1. The third-order valence-corrected chi connectivity index (χ3v) is 2.93. The monoisotopic (exact) mass is 254 g/mol. The minimum Gasteiger partial charge on any atom is -0.496 e. The largest absolute Gasteiger partial charge is 0.496 e. The lowest BCUT2D eigenvalue weighted by Crippen LogP contribution is -1.87. The standard InChI is InChI=1S/C12H15BrO/c1-9(8-13)6-11-4-5-12(14-3)10(2)7-11/h4-7H,8H2,1-3H3/b9-6-. The summed E-state index contributed by atoms with van der Waals surface area (Å²) in [5.74, 6) is 0.943. The summed E-state index contributed by atoms with van der Waals surface area (Å²) in [6.07, 6.45) is 2.17. The molecule has 0 aromatic heterocycles. The van der Waals surface area contributed by atoms with Crippen LogP contribution in [-0.4, -0.2) is 12.4 Å². The Bertz CT molecular complexity index is 342. The van der Waals surface area contributed by atoms with Gasteiger partial charge in [-0.1, -0.05) is 33.6 Å². The van der Waals surface area contributed by atoms with Crippen molar-refractivity contribution in [3.05, 3.63) is 34.9 Å². The SMILES string of the molecule is COc1ccc(/C=C(/C)CBr)cc1C. The number of allylic oxidation sites excluding steroid dienone is 1. The highest BCUT2D eigenvalue weighted by Gasteiger charge is 1.97. The highest BCUT2D eigenvalue weighted by atomic mass is 79.9. The molecule has 1 nitrogen and oxygen atoms in total. The highest BCUT2D eigenvalue weighted by Crippen LogP contribution is 2.20. The van der Waals surface area contributed by atoms with Crippen LogP contribution in [0.4, 0.5) is 0 Å². The Morgan fingerprint density at radius 1 is 1.50 bits per heavy atom. The maximum absolute atomic E-state index is 5.20. The van der Waals surface area contributed by atoms with Crippen molar-refractivity contribution in [1.82, 2.24) is 0 Å². The number of benzene rings is 1. The molecule has 2 heteroatoms. The van der Waals surface area contributed by atoms with E-state index in [0.717, 1.165) is 11.1 Å². The van der Waals surface area contributed by atoms with Crippen molar-refractivity contribution in [1.29, 1.82) is 0 Å². The van der Waals surface area contributed by atoms with Gasteiger partial charge in [0, 0.05) is 5.33 Å². The first-order chi connectivity index (χ1) is 6.67. The molecule has 0 spiro atoms. The molecule has 0 amide bonds. The van der Waals surface area contributed by atoms with E-state index in [1.807, 2.05) is 6.07 Å². The smallest absolute Gasteiger partial charge is 0.121 e. The molecule has 76 valence electrons.